The van der Waals surface area contributed by atoms with Gasteiger partial charge in [0.15, 0.2) is 0 Å². The lowest BCUT2D eigenvalue weighted by molar-refractivity contribution is -0.119. The maximum absolute atomic E-state index is 11.2. The van der Waals surface area contributed by atoms with E-state index in [9.17, 15) is 9.59 Å². The van der Waals surface area contributed by atoms with Gasteiger partial charge in [0.25, 0.3) is 0 Å². The molecule has 0 saturated heterocycles. The van der Waals surface area contributed by atoms with Crippen LogP contribution in [0.3, 0.4) is 0 Å². The molecule has 0 heterocycles. The van der Waals surface area contributed by atoms with Crippen LogP contribution in [0.5, 0.6) is 0 Å². The van der Waals surface area contributed by atoms with E-state index in [1.54, 1.807) is 0 Å². The van der Waals surface area contributed by atoms with Crippen LogP contribution in [0.4, 0.5) is 4.79 Å². The zero-order valence-electron chi connectivity index (χ0n) is 9.49. The van der Waals surface area contributed by atoms with Crippen molar-refractivity contribution in [2.24, 2.45) is 5.73 Å². The molecular formula is C10H19N3O2S. The van der Waals surface area contributed by atoms with Gasteiger partial charge in [-0.3, -0.25) is 10.1 Å². The van der Waals surface area contributed by atoms with E-state index in [0.29, 0.717) is 11.3 Å². The van der Waals surface area contributed by atoms with E-state index in [0.717, 1.165) is 12.8 Å². The third-order valence-corrected chi connectivity index (χ3v) is 3.87. The summed E-state index contributed by atoms with van der Waals surface area (Å²) >= 11 is 1.88. The number of rotatable bonds is 4. The van der Waals surface area contributed by atoms with Crippen LogP contribution in [0.25, 0.3) is 0 Å². The van der Waals surface area contributed by atoms with Crippen LogP contribution in [0.15, 0.2) is 0 Å². The van der Waals surface area contributed by atoms with E-state index in [1.807, 2.05) is 17.1 Å². The Morgan fingerprint density at radius 2 is 2.19 bits per heavy atom. The summed E-state index contributed by atoms with van der Waals surface area (Å²) in [6, 6.07) is -0.415. The molecule has 3 amide bonds. The molecule has 2 atom stereocenters. The van der Waals surface area contributed by atoms with Gasteiger partial charge in [-0.25, -0.2) is 4.79 Å². The third kappa shape index (κ3) is 4.85. The number of hydrogen-bond donors (Lipinski definition) is 3. The highest BCUT2D eigenvalue weighted by molar-refractivity contribution is 7.99. The molecule has 4 N–H and O–H groups in total. The molecule has 1 aliphatic rings. The van der Waals surface area contributed by atoms with Gasteiger partial charge in [-0.2, -0.15) is 11.8 Å². The number of nitrogens with two attached hydrogens (primary N) is 1. The van der Waals surface area contributed by atoms with Crippen molar-refractivity contribution in [3.8, 4) is 0 Å². The van der Waals surface area contributed by atoms with Gasteiger partial charge in [0.2, 0.25) is 5.91 Å². The van der Waals surface area contributed by atoms with Gasteiger partial charge in [0, 0.05) is 11.3 Å². The van der Waals surface area contributed by atoms with Crippen LogP contribution >= 0.6 is 11.8 Å². The number of thioether (sulfide) groups is 1. The first-order chi connectivity index (χ1) is 7.61. The van der Waals surface area contributed by atoms with Crippen molar-refractivity contribution in [1.29, 1.82) is 0 Å². The van der Waals surface area contributed by atoms with Gasteiger partial charge in [0.1, 0.15) is 0 Å². The Balaban J connectivity index is 2.21. The van der Waals surface area contributed by atoms with Crippen molar-refractivity contribution in [1.82, 2.24) is 10.6 Å². The Morgan fingerprint density at radius 3 is 2.81 bits per heavy atom. The van der Waals surface area contributed by atoms with Crippen molar-refractivity contribution in [3.63, 3.8) is 0 Å². The summed E-state index contributed by atoms with van der Waals surface area (Å²) in [5.74, 6) is -0.362. The molecule has 0 aromatic carbocycles. The molecule has 1 fully saturated rings. The fourth-order valence-corrected chi connectivity index (χ4v) is 2.79. The molecule has 16 heavy (non-hydrogen) atoms. The van der Waals surface area contributed by atoms with Crippen molar-refractivity contribution in [3.05, 3.63) is 0 Å². The van der Waals surface area contributed by atoms with Gasteiger partial charge >= 0.3 is 6.03 Å². The number of hydrogen-bond acceptors (Lipinski definition) is 4. The second kappa shape index (κ2) is 6.75. The molecule has 1 rings (SSSR count). The summed E-state index contributed by atoms with van der Waals surface area (Å²) in [7, 11) is 0. The fourth-order valence-electron chi connectivity index (χ4n) is 1.96. The highest BCUT2D eigenvalue weighted by Crippen LogP contribution is 2.26. The standard InChI is InChI=1S/C10H19N3O2S/c1-16-8-4-2-3-7(5-8)12-6-9(14)13-10(11)15/h7-8,12H,2-6H2,1H3,(H3,11,13,14,15). The number of imide groups is 1. The minimum Gasteiger partial charge on any atom is -0.351 e. The molecule has 6 heteroatoms. The largest absolute Gasteiger partial charge is 0.351 e. The van der Waals surface area contributed by atoms with Crippen molar-refractivity contribution in [2.45, 2.75) is 37.0 Å². The van der Waals surface area contributed by atoms with Gasteiger partial charge in [-0.1, -0.05) is 6.42 Å². The van der Waals surface area contributed by atoms with Gasteiger partial charge in [-0.15, -0.1) is 0 Å². The predicted octanol–water partition coefficient (Wildman–Crippen LogP) is 0.445. The summed E-state index contributed by atoms with van der Waals surface area (Å²) in [6.45, 7) is 0.161. The van der Waals surface area contributed by atoms with E-state index in [1.165, 1.54) is 12.8 Å². The van der Waals surface area contributed by atoms with E-state index < -0.39 is 6.03 Å². The Hall–Kier alpha value is -0.750. The minimum absolute atomic E-state index is 0.161. The fraction of sp³-hybridized carbons (Fsp3) is 0.800. The van der Waals surface area contributed by atoms with Gasteiger partial charge < -0.3 is 11.1 Å². The molecule has 1 saturated carbocycles. The molecule has 0 bridgehead atoms. The lowest BCUT2D eigenvalue weighted by atomic mass is 9.95. The molecular weight excluding hydrogens is 226 g/mol. The van der Waals surface area contributed by atoms with Crippen LogP contribution in [0.1, 0.15) is 25.7 Å². The summed E-state index contributed by atoms with van der Waals surface area (Å²) in [5, 5.41) is 5.88. The van der Waals surface area contributed by atoms with Gasteiger partial charge in [0.05, 0.1) is 6.54 Å². The quantitative estimate of drug-likeness (QED) is 0.671. The summed E-state index contributed by atoms with van der Waals surface area (Å²) < 4.78 is 0. The Morgan fingerprint density at radius 1 is 1.44 bits per heavy atom. The van der Waals surface area contributed by atoms with Gasteiger partial charge in [-0.05, 0) is 25.5 Å². The average Bonchev–Trinajstić information content (AvgIpc) is 2.26. The van der Waals surface area contributed by atoms with Crippen LogP contribution < -0.4 is 16.4 Å². The topological polar surface area (TPSA) is 84.2 Å². The molecule has 5 nitrogen and oxygen atoms in total. The van der Waals surface area contributed by atoms with Crippen molar-refractivity contribution < 1.29 is 9.59 Å². The second-order valence-corrected chi connectivity index (χ2v) is 5.15. The van der Waals surface area contributed by atoms with Crippen LogP contribution in [-0.4, -0.2) is 36.0 Å². The molecule has 92 valence electrons. The molecule has 1 aliphatic carbocycles. The molecule has 0 aromatic heterocycles. The van der Waals surface area contributed by atoms with Crippen LogP contribution in [-0.2, 0) is 4.79 Å². The van der Waals surface area contributed by atoms with Crippen LogP contribution in [0.2, 0.25) is 0 Å². The maximum atomic E-state index is 11.2. The lowest BCUT2D eigenvalue weighted by Gasteiger charge is -2.28. The molecule has 0 aliphatic heterocycles. The zero-order valence-corrected chi connectivity index (χ0v) is 10.3. The SMILES string of the molecule is CSC1CCCC(NCC(=O)NC(N)=O)C1. The third-order valence-electron chi connectivity index (χ3n) is 2.77. The van der Waals surface area contributed by atoms with Crippen molar-refractivity contribution in [2.75, 3.05) is 12.8 Å². The highest BCUT2D eigenvalue weighted by atomic mass is 32.2. The van der Waals surface area contributed by atoms with E-state index >= 15 is 0 Å². The highest BCUT2D eigenvalue weighted by Gasteiger charge is 2.21. The monoisotopic (exact) mass is 245 g/mol. The Bertz CT molecular complexity index is 260. The second-order valence-electron chi connectivity index (χ2n) is 4.01. The number of carbonyl (C=O) groups is 2. The first-order valence-corrected chi connectivity index (χ1v) is 6.76. The molecule has 0 spiro atoms. The number of carbonyl (C=O) groups excluding carboxylic acids is 2. The summed E-state index contributed by atoms with van der Waals surface area (Å²) in [5.41, 5.74) is 4.84. The first kappa shape index (κ1) is 13.3. The molecule has 2 unspecified atom stereocenters. The normalized spacial score (nSPS) is 25.1. The Labute approximate surface area is 99.9 Å². The number of urea groups is 1. The summed E-state index contributed by atoms with van der Waals surface area (Å²) in [6.07, 6.45) is 6.76. The van der Waals surface area contributed by atoms with Crippen molar-refractivity contribution >= 4 is 23.7 Å². The smallest absolute Gasteiger partial charge is 0.318 e. The Kier molecular flexibility index (Phi) is 5.62. The van der Waals surface area contributed by atoms with E-state index in [-0.39, 0.29) is 12.5 Å². The minimum atomic E-state index is -0.794. The lowest BCUT2D eigenvalue weighted by Crippen LogP contribution is -2.44. The molecule has 0 radical (unpaired) electrons. The molecule has 0 aromatic rings. The zero-order chi connectivity index (χ0) is 12.0. The van der Waals surface area contributed by atoms with E-state index in [2.05, 4.69) is 11.6 Å². The van der Waals surface area contributed by atoms with Crippen LogP contribution in [0, 0.1) is 0 Å². The van der Waals surface area contributed by atoms with E-state index in [4.69, 9.17) is 5.73 Å². The number of nitrogens with one attached hydrogen (secondary N) is 2. The number of primary amides is 1. The average molecular weight is 245 g/mol. The predicted molar refractivity (Wildman–Crippen MR) is 65.3 cm³/mol. The maximum Gasteiger partial charge on any atom is 0.318 e. The summed E-state index contributed by atoms with van der Waals surface area (Å²) in [4.78, 5) is 21.6. The first-order valence-electron chi connectivity index (χ1n) is 5.47. The number of amides is 3.